The Morgan fingerprint density at radius 2 is 0.443 bits per heavy atom. The van der Waals surface area contributed by atoms with Gasteiger partial charge in [-0.15, -0.1) is 19.7 Å². The average Bonchev–Trinajstić information content (AvgIpc) is 0.761. The van der Waals surface area contributed by atoms with E-state index in [0.29, 0.717) is 19.8 Å². The Hall–Kier alpha value is -5.15. The number of hydrogen-bond acceptors (Lipinski definition) is 3. The molecule has 6 rings (SSSR count). The summed E-state index contributed by atoms with van der Waals surface area (Å²) in [7, 11) is -2.13. The topological polar surface area (TPSA) is 27.7 Å². The molecule has 3 nitrogen and oxygen atoms in total. The monoisotopic (exact) mass is 1580 g/mol. The summed E-state index contributed by atoms with van der Waals surface area (Å²) >= 11 is 0. The average molecular weight is 1580 g/mol. The minimum absolute atomic E-state index is 0.000231. The van der Waals surface area contributed by atoms with Gasteiger partial charge in [-0.3, -0.25) is 0 Å². The first-order chi connectivity index (χ1) is 52.6. The van der Waals surface area contributed by atoms with E-state index in [1.807, 2.05) is 0 Å². The van der Waals surface area contributed by atoms with Crippen molar-refractivity contribution >= 4 is 8.60 Å². The lowest BCUT2D eigenvalue weighted by Gasteiger charge is -2.43. The molecule has 0 spiro atoms. The Kier molecular flexibility index (Phi) is 32.1. The van der Waals surface area contributed by atoms with Crippen LogP contribution in [-0.2, 0) is 114 Å². The lowest BCUT2D eigenvalue weighted by atomic mass is 9.66. The third-order valence-electron chi connectivity index (χ3n) is 26.3. The molecule has 638 valence electrons. The van der Waals surface area contributed by atoms with Gasteiger partial charge < -0.3 is 13.6 Å². The fourth-order valence-corrected chi connectivity index (χ4v) is 18.8. The molecule has 0 saturated carbocycles. The van der Waals surface area contributed by atoms with E-state index in [1.165, 1.54) is 100 Å². The van der Waals surface area contributed by atoms with Crippen LogP contribution in [0.25, 0.3) is 0 Å². The van der Waals surface area contributed by atoms with Crippen molar-refractivity contribution in [2.45, 2.75) is 427 Å². The van der Waals surface area contributed by atoms with Crippen LogP contribution in [0.4, 0.5) is 0 Å². The largest absolute Gasteiger partial charge is 0.332 e. The van der Waals surface area contributed by atoms with Gasteiger partial charge in [0, 0.05) is 32.5 Å². The first-order valence-corrected chi connectivity index (χ1v) is 46.1. The highest BCUT2D eigenvalue weighted by Crippen LogP contribution is 2.55. The molecule has 0 radical (unpaired) electrons. The first-order valence-electron chi connectivity index (χ1n) is 45.0. The predicted molar refractivity (Wildman–Crippen MR) is 510 cm³/mol. The van der Waals surface area contributed by atoms with Gasteiger partial charge in [0.15, 0.2) is 0 Å². The van der Waals surface area contributed by atoms with Gasteiger partial charge >= 0.3 is 8.60 Å². The molecule has 0 aromatic heterocycles. The second kappa shape index (κ2) is 37.5. The molecule has 0 aliphatic heterocycles. The second-order valence-electron chi connectivity index (χ2n) is 46.6. The third-order valence-corrected chi connectivity index (χ3v) is 27.3. The molecule has 0 fully saturated rings. The van der Waals surface area contributed by atoms with Crippen LogP contribution in [0.15, 0.2) is 147 Å². The van der Waals surface area contributed by atoms with Gasteiger partial charge in [0.25, 0.3) is 0 Å². The molecule has 0 bridgehead atoms. The summed E-state index contributed by atoms with van der Waals surface area (Å²) < 4.78 is 25.0. The Bertz CT molecular complexity index is 3780. The summed E-state index contributed by atoms with van der Waals surface area (Å²) in [5.41, 5.74) is 21.6. The van der Waals surface area contributed by atoms with E-state index in [0.717, 1.165) is 96.3 Å². The number of hydrogen-bond donors (Lipinski definition) is 0. The van der Waals surface area contributed by atoms with Crippen LogP contribution in [0.1, 0.15) is 426 Å². The van der Waals surface area contributed by atoms with Gasteiger partial charge in [0.1, 0.15) is 0 Å². The summed E-state index contributed by atoms with van der Waals surface area (Å²) in [5.74, 6) is 0. The number of allylic oxidation sites excluding steroid dienone is 3. The second-order valence-corrected chi connectivity index (χ2v) is 47.8. The van der Waals surface area contributed by atoms with Crippen LogP contribution in [0.2, 0.25) is 0 Å². The quantitative estimate of drug-likeness (QED) is 0.0290. The van der Waals surface area contributed by atoms with Crippen LogP contribution >= 0.6 is 8.60 Å². The standard InChI is InChI=1S/C111H171O3P/c1-40-46-64-109(88-58-55-85(106(34,35)43-4)73-94(88)103(25,26)27,67-61-79-49-52-82(97(7,8)9)70-91(79)100(16,17)18)76-112-115(113-77-110(65-47-41-2,89-59-56-86(107(36,37)44-5)74-95(89)104(28,29)30)68-62-80-50-53-83(98(10,11)12)71-92(80)101(19,20)21)114-78-111(66-48-42-3,90-60-57-87(108(38,39)45-6)75-96(90)105(31,32)33)69-63-81-51-54-84(99(13,14)15)72-93(81)102(22,23)24/h43-45,49-60,70-75H,4-6,40-42,46-48,61-69,76-78H2,1-3,7-39H3. The molecule has 0 N–H and O–H groups in total. The van der Waals surface area contributed by atoms with E-state index in [1.54, 1.807) is 0 Å². The van der Waals surface area contributed by atoms with Gasteiger partial charge in [0.2, 0.25) is 0 Å². The summed E-state index contributed by atoms with van der Waals surface area (Å²) in [6, 6.07) is 44.8. The van der Waals surface area contributed by atoms with Crippen LogP contribution in [0.5, 0.6) is 0 Å². The third kappa shape index (κ3) is 25.0. The van der Waals surface area contributed by atoms with Gasteiger partial charge in [-0.1, -0.05) is 415 Å². The zero-order valence-electron chi connectivity index (χ0n) is 81.1. The number of unbranched alkanes of at least 4 members (excludes halogenated alkanes) is 3. The molecular weight excluding hydrogens is 1410 g/mol. The van der Waals surface area contributed by atoms with Crippen LogP contribution in [-0.4, -0.2) is 19.8 Å². The highest BCUT2D eigenvalue weighted by molar-refractivity contribution is 7.41. The van der Waals surface area contributed by atoms with Gasteiger partial charge in [-0.2, -0.15) is 0 Å². The molecule has 0 heterocycles. The lowest BCUT2D eigenvalue weighted by Crippen LogP contribution is -2.38. The minimum atomic E-state index is -2.13. The molecule has 6 aromatic carbocycles. The van der Waals surface area contributed by atoms with Crippen LogP contribution < -0.4 is 0 Å². The number of benzene rings is 6. The lowest BCUT2D eigenvalue weighted by molar-refractivity contribution is 0.0828. The van der Waals surface area contributed by atoms with Crippen molar-refractivity contribution in [1.29, 1.82) is 0 Å². The van der Waals surface area contributed by atoms with Crippen LogP contribution in [0, 0.1) is 0 Å². The fraction of sp³-hybridized carbons (Fsp3) is 0.622. The van der Waals surface area contributed by atoms with Crippen molar-refractivity contribution < 1.29 is 13.6 Å². The number of rotatable bonds is 36. The predicted octanol–water partition coefficient (Wildman–Crippen LogP) is 32.6. The zero-order chi connectivity index (χ0) is 87.2. The molecule has 6 aromatic rings. The molecule has 0 saturated heterocycles. The van der Waals surface area contributed by atoms with Crippen molar-refractivity contribution in [3.05, 3.63) is 247 Å². The Balaban J connectivity index is 1.83. The summed E-state index contributed by atoms with van der Waals surface area (Å²) in [4.78, 5) is 0. The normalized spacial score (nSPS) is 15.4. The maximum atomic E-state index is 8.34. The van der Waals surface area contributed by atoms with Gasteiger partial charge in [0.05, 0.1) is 19.8 Å². The zero-order valence-corrected chi connectivity index (χ0v) is 82.0. The van der Waals surface area contributed by atoms with Crippen molar-refractivity contribution in [3.8, 4) is 0 Å². The van der Waals surface area contributed by atoms with Crippen molar-refractivity contribution in [3.63, 3.8) is 0 Å². The minimum Gasteiger partial charge on any atom is -0.311 e. The smallest absolute Gasteiger partial charge is 0.311 e. The summed E-state index contributed by atoms with van der Waals surface area (Å²) in [6.45, 7) is 100. The Labute approximate surface area is 711 Å². The van der Waals surface area contributed by atoms with Crippen molar-refractivity contribution in [2.75, 3.05) is 19.8 Å². The van der Waals surface area contributed by atoms with Gasteiger partial charge in [-0.25, -0.2) is 0 Å². The first kappa shape index (κ1) is 98.7. The number of aryl methyl sites for hydroxylation is 3. The molecular formula is C111H171O3P. The molecule has 3 unspecified atom stereocenters. The highest BCUT2D eigenvalue weighted by Gasteiger charge is 2.45. The summed E-state index contributed by atoms with van der Waals surface area (Å²) in [5, 5.41) is 0. The van der Waals surface area contributed by atoms with E-state index < -0.39 is 24.8 Å². The van der Waals surface area contributed by atoms with E-state index in [-0.39, 0.29) is 65.0 Å². The molecule has 0 aliphatic rings. The Morgan fingerprint density at radius 1 is 0.243 bits per heavy atom. The molecule has 115 heavy (non-hydrogen) atoms. The summed E-state index contributed by atoms with van der Waals surface area (Å²) in [6.07, 6.45) is 20.7. The van der Waals surface area contributed by atoms with E-state index in [4.69, 9.17) is 13.6 Å². The van der Waals surface area contributed by atoms with Gasteiger partial charge in [-0.05, 0) is 207 Å². The Morgan fingerprint density at radius 3 is 0.626 bits per heavy atom. The molecule has 0 aliphatic carbocycles. The fourth-order valence-electron chi connectivity index (χ4n) is 17.5. The van der Waals surface area contributed by atoms with E-state index in [9.17, 15) is 0 Å². The highest BCUT2D eigenvalue weighted by atomic mass is 31.2. The maximum absolute atomic E-state index is 8.34. The van der Waals surface area contributed by atoms with Crippen LogP contribution in [0.3, 0.4) is 0 Å². The van der Waals surface area contributed by atoms with Crippen molar-refractivity contribution in [2.24, 2.45) is 0 Å². The molecule has 3 atom stereocenters. The van der Waals surface area contributed by atoms with Crippen molar-refractivity contribution in [1.82, 2.24) is 0 Å². The maximum Gasteiger partial charge on any atom is 0.332 e. The van der Waals surface area contributed by atoms with E-state index >= 15 is 0 Å². The molecule has 0 amide bonds. The SMILES string of the molecule is C=CC(C)(C)c1ccc(C(CCCC)(CCc2ccc(C(C)(C)C)cc2C(C)(C)C)COP(OCC(CCCC)(CCc2ccc(C(C)(C)C)cc2C(C)(C)C)c2ccc(C(C)(C)C=C)cc2C(C)(C)C)OCC(CCCC)(CCc2ccc(C(C)(C)C)cc2C(C)(C)C)c2ccc(C(C)(C)C=C)cc2C(C)(C)C)c(C(C)(C)C)c1. The molecule has 4 heteroatoms. The van der Waals surface area contributed by atoms with E-state index in [2.05, 4.69) is 396 Å².